The molecule has 0 unspecified atom stereocenters. The number of fused-ring (bicyclic) bond motifs is 1. The molecule has 5 nitrogen and oxygen atoms in total. The van der Waals surface area contributed by atoms with E-state index >= 15 is 0 Å². The van der Waals surface area contributed by atoms with E-state index < -0.39 is 6.04 Å². The molecule has 0 aromatic heterocycles. The summed E-state index contributed by atoms with van der Waals surface area (Å²) in [4.78, 5) is 14.4. The first-order valence-corrected chi connectivity index (χ1v) is 7.56. The van der Waals surface area contributed by atoms with E-state index in [1.807, 2.05) is 37.8 Å². The van der Waals surface area contributed by atoms with E-state index in [-0.39, 0.29) is 23.7 Å². The maximum Gasteiger partial charge on any atom is 0.240 e. The Bertz CT molecular complexity index is 570. The van der Waals surface area contributed by atoms with E-state index in [0.717, 1.165) is 17.7 Å². The fourth-order valence-corrected chi connectivity index (χ4v) is 2.64. The summed E-state index contributed by atoms with van der Waals surface area (Å²) in [5.41, 5.74) is 8.17. The Morgan fingerprint density at radius 2 is 1.70 bits per heavy atom. The van der Waals surface area contributed by atoms with Gasteiger partial charge >= 0.3 is 0 Å². The summed E-state index contributed by atoms with van der Waals surface area (Å²) in [6.07, 6.45) is 0.804. The van der Waals surface area contributed by atoms with E-state index in [1.165, 1.54) is 5.56 Å². The standard InChI is InChI=1S/C17H26N2O3.ClH/c1-17(2,3)15(18)16(20)19-7-6-11-8-13(21-4)14(22-5)9-12(11)10-19;/h8-9,15H,6-7,10,18H2,1-5H3;1H/t15-;/m0./s1. The van der Waals surface area contributed by atoms with E-state index in [4.69, 9.17) is 15.2 Å². The molecule has 1 aliphatic rings. The maximum absolute atomic E-state index is 12.6. The van der Waals surface area contributed by atoms with Gasteiger partial charge in [0.15, 0.2) is 11.5 Å². The van der Waals surface area contributed by atoms with Gasteiger partial charge in [-0.3, -0.25) is 4.79 Å². The molecule has 1 aromatic rings. The van der Waals surface area contributed by atoms with Crippen LogP contribution in [0.25, 0.3) is 0 Å². The predicted octanol–water partition coefficient (Wildman–Crippen LogP) is 2.38. The van der Waals surface area contributed by atoms with Crippen molar-refractivity contribution in [2.75, 3.05) is 20.8 Å². The lowest BCUT2D eigenvalue weighted by Crippen LogP contribution is -2.51. The molecule has 1 atom stereocenters. The number of benzene rings is 1. The number of halogens is 1. The molecule has 0 saturated carbocycles. The number of ether oxygens (including phenoxy) is 2. The molecule has 0 aliphatic carbocycles. The Balaban J connectivity index is 0.00000264. The fourth-order valence-electron chi connectivity index (χ4n) is 2.64. The molecule has 0 fully saturated rings. The maximum atomic E-state index is 12.6. The second-order valence-corrected chi connectivity index (χ2v) is 6.83. The van der Waals surface area contributed by atoms with Crippen LogP contribution in [0.2, 0.25) is 0 Å². The summed E-state index contributed by atoms with van der Waals surface area (Å²) < 4.78 is 10.7. The zero-order valence-corrected chi connectivity index (χ0v) is 15.3. The highest BCUT2D eigenvalue weighted by atomic mass is 35.5. The molecule has 23 heavy (non-hydrogen) atoms. The van der Waals surface area contributed by atoms with E-state index in [2.05, 4.69) is 0 Å². The van der Waals surface area contributed by atoms with Crippen LogP contribution in [0.3, 0.4) is 0 Å². The molecule has 130 valence electrons. The third-order valence-corrected chi connectivity index (χ3v) is 4.23. The zero-order valence-electron chi connectivity index (χ0n) is 14.5. The highest BCUT2D eigenvalue weighted by molar-refractivity contribution is 5.85. The molecule has 6 heteroatoms. The molecular weight excluding hydrogens is 316 g/mol. The summed E-state index contributed by atoms with van der Waals surface area (Å²) in [7, 11) is 3.25. The van der Waals surface area contributed by atoms with Crippen molar-refractivity contribution in [3.8, 4) is 11.5 Å². The Morgan fingerprint density at radius 3 is 2.17 bits per heavy atom. The van der Waals surface area contributed by atoms with Crippen LogP contribution in [0.15, 0.2) is 12.1 Å². The molecule has 2 rings (SSSR count). The van der Waals surface area contributed by atoms with Gasteiger partial charge in [-0.05, 0) is 35.1 Å². The average Bonchev–Trinajstić information content (AvgIpc) is 2.50. The Labute approximate surface area is 144 Å². The minimum atomic E-state index is -0.491. The molecule has 1 heterocycles. The number of hydrogen-bond acceptors (Lipinski definition) is 4. The Hall–Kier alpha value is -1.46. The van der Waals surface area contributed by atoms with Crippen LogP contribution in [0.4, 0.5) is 0 Å². The van der Waals surface area contributed by atoms with Crippen LogP contribution in [0.1, 0.15) is 31.9 Å². The van der Waals surface area contributed by atoms with Crippen LogP contribution in [-0.4, -0.2) is 37.6 Å². The molecule has 1 amide bonds. The van der Waals surface area contributed by atoms with E-state index in [9.17, 15) is 4.79 Å². The summed E-state index contributed by atoms with van der Waals surface area (Å²) in [5, 5.41) is 0. The van der Waals surface area contributed by atoms with E-state index in [1.54, 1.807) is 14.2 Å². The van der Waals surface area contributed by atoms with Crippen molar-refractivity contribution >= 4 is 18.3 Å². The lowest BCUT2D eigenvalue weighted by Gasteiger charge is -2.35. The number of nitrogens with two attached hydrogens (primary N) is 1. The van der Waals surface area contributed by atoms with Crippen LogP contribution < -0.4 is 15.2 Å². The van der Waals surface area contributed by atoms with Crippen LogP contribution in [0.5, 0.6) is 11.5 Å². The first-order valence-electron chi connectivity index (χ1n) is 7.56. The first-order chi connectivity index (χ1) is 10.3. The van der Waals surface area contributed by atoms with Crippen LogP contribution in [-0.2, 0) is 17.8 Å². The van der Waals surface area contributed by atoms with Gasteiger partial charge in [0, 0.05) is 13.1 Å². The van der Waals surface area contributed by atoms with Gasteiger partial charge in [-0.1, -0.05) is 20.8 Å². The molecule has 1 aromatic carbocycles. The Kier molecular flexibility index (Phi) is 6.31. The lowest BCUT2D eigenvalue weighted by molar-refractivity contribution is -0.135. The average molecular weight is 343 g/mol. The second kappa shape index (κ2) is 7.41. The normalized spacial score (nSPS) is 15.3. The summed E-state index contributed by atoms with van der Waals surface area (Å²) in [6.45, 7) is 7.22. The van der Waals surface area contributed by atoms with Gasteiger partial charge in [-0.15, -0.1) is 12.4 Å². The molecule has 2 N–H and O–H groups in total. The van der Waals surface area contributed by atoms with Crippen LogP contribution in [0, 0.1) is 5.41 Å². The van der Waals surface area contributed by atoms with Gasteiger partial charge in [0.1, 0.15) is 0 Å². The molecule has 0 saturated heterocycles. The fraction of sp³-hybridized carbons (Fsp3) is 0.588. The number of nitrogens with zero attached hydrogens (tertiary/aromatic N) is 1. The van der Waals surface area contributed by atoms with Gasteiger partial charge in [0.05, 0.1) is 20.3 Å². The monoisotopic (exact) mass is 342 g/mol. The van der Waals surface area contributed by atoms with Crippen molar-refractivity contribution in [2.45, 2.75) is 39.8 Å². The highest BCUT2D eigenvalue weighted by Crippen LogP contribution is 2.33. The zero-order chi connectivity index (χ0) is 16.5. The summed E-state index contributed by atoms with van der Waals surface area (Å²) >= 11 is 0. The number of hydrogen-bond donors (Lipinski definition) is 1. The van der Waals surface area contributed by atoms with Crippen molar-refractivity contribution in [3.05, 3.63) is 23.3 Å². The predicted molar refractivity (Wildman–Crippen MR) is 93.3 cm³/mol. The summed E-state index contributed by atoms with van der Waals surface area (Å²) in [5.74, 6) is 1.43. The number of methoxy groups -OCH3 is 2. The number of rotatable bonds is 3. The van der Waals surface area contributed by atoms with Gasteiger partial charge in [0.2, 0.25) is 5.91 Å². The molecular formula is C17H27ClN2O3. The minimum absolute atomic E-state index is 0. The van der Waals surface area contributed by atoms with Gasteiger partial charge < -0.3 is 20.1 Å². The molecule has 0 radical (unpaired) electrons. The SMILES string of the molecule is COc1cc2c(cc1OC)CN(C(=O)[C@H](N)C(C)(C)C)CC2.Cl. The first kappa shape index (κ1) is 19.6. The van der Waals surface area contributed by atoms with Crippen molar-refractivity contribution in [3.63, 3.8) is 0 Å². The molecule has 1 aliphatic heterocycles. The summed E-state index contributed by atoms with van der Waals surface area (Å²) in [6, 6.07) is 3.46. The minimum Gasteiger partial charge on any atom is -0.493 e. The topological polar surface area (TPSA) is 64.8 Å². The molecule has 0 bridgehead atoms. The lowest BCUT2D eigenvalue weighted by atomic mass is 9.86. The van der Waals surface area contributed by atoms with Crippen molar-refractivity contribution in [1.82, 2.24) is 4.90 Å². The van der Waals surface area contributed by atoms with Gasteiger partial charge in [-0.25, -0.2) is 0 Å². The van der Waals surface area contributed by atoms with Crippen molar-refractivity contribution in [2.24, 2.45) is 11.1 Å². The van der Waals surface area contributed by atoms with Crippen molar-refractivity contribution < 1.29 is 14.3 Å². The third-order valence-electron chi connectivity index (χ3n) is 4.23. The number of carbonyl (C=O) groups excluding carboxylic acids is 1. The number of carbonyl (C=O) groups is 1. The highest BCUT2D eigenvalue weighted by Gasteiger charge is 2.32. The molecule has 0 spiro atoms. The number of amides is 1. The van der Waals surface area contributed by atoms with E-state index in [0.29, 0.717) is 18.8 Å². The van der Waals surface area contributed by atoms with Gasteiger partial charge in [0.25, 0.3) is 0 Å². The third kappa shape index (κ3) is 4.09. The van der Waals surface area contributed by atoms with Gasteiger partial charge in [-0.2, -0.15) is 0 Å². The van der Waals surface area contributed by atoms with Crippen molar-refractivity contribution in [1.29, 1.82) is 0 Å². The Morgan fingerprint density at radius 1 is 1.17 bits per heavy atom. The second-order valence-electron chi connectivity index (χ2n) is 6.83. The largest absolute Gasteiger partial charge is 0.493 e. The quantitative estimate of drug-likeness (QED) is 0.916. The smallest absolute Gasteiger partial charge is 0.240 e. The van der Waals surface area contributed by atoms with Crippen LogP contribution >= 0.6 is 12.4 Å².